The van der Waals surface area contributed by atoms with Crippen LogP contribution >= 0.6 is 0 Å². The number of aromatic nitrogens is 2. The fourth-order valence-electron chi connectivity index (χ4n) is 2.52. The zero-order valence-corrected chi connectivity index (χ0v) is 16.3. The van der Waals surface area contributed by atoms with Gasteiger partial charge in [0.15, 0.2) is 15.9 Å². The molecule has 0 aliphatic carbocycles. The summed E-state index contributed by atoms with van der Waals surface area (Å²) in [6.45, 7) is 1.61. The lowest BCUT2D eigenvalue weighted by atomic mass is 10.1. The predicted molar refractivity (Wildman–Crippen MR) is 103 cm³/mol. The smallest absolute Gasteiger partial charge is 0.338 e. The fraction of sp³-hybridized carbons (Fsp3) is 0.200. The molecule has 0 unspecified atom stereocenters. The number of ether oxygens (including phenoxy) is 1. The molecule has 3 rings (SSSR count). The molecular formula is C20H17N3O5S. The molecule has 0 fully saturated rings. The van der Waals surface area contributed by atoms with Crippen LogP contribution in [0.25, 0.3) is 11.5 Å². The van der Waals surface area contributed by atoms with Gasteiger partial charge in [-0.2, -0.15) is 5.26 Å². The Morgan fingerprint density at radius 1 is 1.14 bits per heavy atom. The van der Waals surface area contributed by atoms with E-state index in [-0.39, 0.29) is 17.2 Å². The van der Waals surface area contributed by atoms with Crippen LogP contribution in [0, 0.1) is 11.3 Å². The van der Waals surface area contributed by atoms with Crippen molar-refractivity contribution >= 4 is 15.8 Å². The van der Waals surface area contributed by atoms with Crippen LogP contribution in [0.15, 0.2) is 59.0 Å². The number of carbonyl (C=O) groups is 1. The fourth-order valence-corrected chi connectivity index (χ4v) is 3.51. The highest BCUT2D eigenvalue weighted by molar-refractivity contribution is 7.90. The summed E-state index contributed by atoms with van der Waals surface area (Å²) < 4.78 is 34.3. The molecule has 0 aliphatic rings. The molecule has 0 aliphatic heterocycles. The highest BCUT2D eigenvalue weighted by Gasteiger charge is 2.20. The van der Waals surface area contributed by atoms with Gasteiger partial charge in [0.05, 0.1) is 17.4 Å². The van der Waals surface area contributed by atoms with Crippen molar-refractivity contribution in [2.45, 2.75) is 18.8 Å². The Morgan fingerprint density at radius 3 is 2.48 bits per heavy atom. The molecule has 9 heteroatoms. The maximum absolute atomic E-state index is 12.3. The van der Waals surface area contributed by atoms with Gasteiger partial charge in [0.25, 0.3) is 5.89 Å². The van der Waals surface area contributed by atoms with E-state index in [0.717, 1.165) is 5.56 Å². The molecule has 0 bridgehead atoms. The quantitative estimate of drug-likeness (QED) is 0.543. The summed E-state index contributed by atoms with van der Waals surface area (Å²) in [5.74, 6) is -0.939. The summed E-state index contributed by atoms with van der Waals surface area (Å²) in [7, 11) is -3.50. The maximum Gasteiger partial charge on any atom is 0.338 e. The molecule has 8 nitrogen and oxygen atoms in total. The second kappa shape index (κ2) is 8.67. The Morgan fingerprint density at radius 2 is 1.83 bits per heavy atom. The second-order valence-electron chi connectivity index (χ2n) is 6.25. The molecule has 0 saturated carbocycles. The Kier molecular flexibility index (Phi) is 6.04. The zero-order chi connectivity index (χ0) is 20.9. The average molecular weight is 411 g/mol. The van der Waals surface area contributed by atoms with Gasteiger partial charge >= 0.3 is 5.97 Å². The molecule has 1 atom stereocenters. The molecule has 2 aromatic carbocycles. The third-order valence-electron chi connectivity index (χ3n) is 3.95. The largest absolute Gasteiger partial charge is 0.449 e. The molecule has 1 aromatic heterocycles. The van der Waals surface area contributed by atoms with Crippen molar-refractivity contribution in [1.82, 2.24) is 10.2 Å². The third kappa shape index (κ3) is 5.27. The van der Waals surface area contributed by atoms with E-state index in [1.165, 1.54) is 24.3 Å². The van der Waals surface area contributed by atoms with Crippen LogP contribution in [0.1, 0.15) is 34.8 Å². The summed E-state index contributed by atoms with van der Waals surface area (Å²) in [6.07, 6.45) is -0.761. The third-order valence-corrected chi connectivity index (χ3v) is 5.30. The average Bonchev–Trinajstić information content (AvgIpc) is 3.19. The first-order valence-corrected chi connectivity index (χ1v) is 10.5. The molecule has 1 heterocycles. The number of esters is 1. The van der Waals surface area contributed by atoms with Crippen molar-refractivity contribution in [2.24, 2.45) is 0 Å². The number of nitrogens with zero attached hydrogens (tertiary/aromatic N) is 3. The van der Waals surface area contributed by atoms with Gasteiger partial charge in [0.1, 0.15) is 5.75 Å². The highest BCUT2D eigenvalue weighted by Crippen LogP contribution is 2.23. The molecular weight excluding hydrogens is 394 g/mol. The van der Waals surface area contributed by atoms with Gasteiger partial charge in [0.2, 0.25) is 5.89 Å². The predicted octanol–water partition coefficient (Wildman–Crippen LogP) is 3.09. The number of carbonyl (C=O) groups excluding carboxylic acids is 1. The molecule has 29 heavy (non-hydrogen) atoms. The van der Waals surface area contributed by atoms with Gasteiger partial charge in [0, 0.05) is 5.56 Å². The number of rotatable bonds is 7. The summed E-state index contributed by atoms with van der Waals surface area (Å²) in [5, 5.41) is 16.4. The van der Waals surface area contributed by atoms with E-state index < -0.39 is 27.7 Å². The topological polar surface area (TPSA) is 123 Å². The van der Waals surface area contributed by atoms with Crippen molar-refractivity contribution in [3.8, 4) is 17.5 Å². The molecule has 0 N–H and O–H groups in total. The zero-order valence-electron chi connectivity index (χ0n) is 15.5. The number of hydrogen-bond donors (Lipinski definition) is 0. The number of benzene rings is 2. The highest BCUT2D eigenvalue weighted by atomic mass is 32.2. The van der Waals surface area contributed by atoms with Gasteiger partial charge < -0.3 is 9.15 Å². The Balaban J connectivity index is 1.64. The second-order valence-corrected chi connectivity index (χ2v) is 8.31. The molecule has 3 aromatic rings. The van der Waals surface area contributed by atoms with Crippen molar-refractivity contribution in [3.63, 3.8) is 0 Å². The Bertz CT molecular complexity index is 1130. The van der Waals surface area contributed by atoms with Gasteiger partial charge in [-0.15, -0.1) is 10.2 Å². The van der Waals surface area contributed by atoms with Crippen LogP contribution in [0.3, 0.4) is 0 Å². The summed E-state index contributed by atoms with van der Waals surface area (Å²) in [5.41, 5.74) is 1.49. The lowest BCUT2D eigenvalue weighted by Gasteiger charge is -2.10. The molecule has 148 valence electrons. The normalized spacial score (nSPS) is 12.1. The van der Waals surface area contributed by atoms with Crippen LogP contribution in [0.5, 0.6) is 0 Å². The minimum atomic E-state index is -3.50. The summed E-state index contributed by atoms with van der Waals surface area (Å²) >= 11 is 0. The number of sulfone groups is 1. The standard InChI is InChI=1S/C20H17N3O5S/c1-14(18-22-23-19(28-18)16-5-3-2-4-6-16)27-20(24)17-9-7-15(8-10-17)13-29(25,26)12-11-21/h2-10,14H,12-13H2,1H3/t14-/m1/s1. The monoisotopic (exact) mass is 411 g/mol. The lowest BCUT2D eigenvalue weighted by Crippen LogP contribution is -2.10. The van der Waals surface area contributed by atoms with Crippen molar-refractivity contribution in [1.29, 1.82) is 5.26 Å². The van der Waals surface area contributed by atoms with Crippen molar-refractivity contribution in [3.05, 3.63) is 71.6 Å². The minimum absolute atomic E-state index is 0.163. The van der Waals surface area contributed by atoms with E-state index in [0.29, 0.717) is 11.5 Å². The van der Waals surface area contributed by atoms with Gasteiger partial charge in [-0.1, -0.05) is 30.3 Å². The lowest BCUT2D eigenvalue weighted by molar-refractivity contribution is 0.0280. The van der Waals surface area contributed by atoms with Crippen molar-refractivity contribution < 1.29 is 22.4 Å². The summed E-state index contributed by atoms with van der Waals surface area (Å²) in [6, 6.07) is 16.8. The Hall–Kier alpha value is -3.51. The van der Waals surface area contributed by atoms with E-state index >= 15 is 0 Å². The van der Waals surface area contributed by atoms with E-state index in [9.17, 15) is 13.2 Å². The van der Waals surface area contributed by atoms with Crippen LogP contribution in [-0.2, 0) is 20.3 Å². The van der Waals surface area contributed by atoms with Crippen LogP contribution < -0.4 is 0 Å². The van der Waals surface area contributed by atoms with Gasteiger partial charge in [-0.25, -0.2) is 13.2 Å². The first-order chi connectivity index (χ1) is 13.9. The molecule has 0 radical (unpaired) electrons. The first kappa shape index (κ1) is 20.2. The first-order valence-electron chi connectivity index (χ1n) is 8.64. The number of nitriles is 1. The maximum atomic E-state index is 12.3. The Labute approximate surface area is 167 Å². The number of hydrogen-bond acceptors (Lipinski definition) is 8. The van der Waals surface area contributed by atoms with Crippen molar-refractivity contribution in [2.75, 3.05) is 5.75 Å². The SMILES string of the molecule is C[C@@H](OC(=O)c1ccc(CS(=O)(=O)CC#N)cc1)c1nnc(-c2ccccc2)o1. The van der Waals surface area contributed by atoms with Crippen LogP contribution in [-0.4, -0.2) is 30.3 Å². The van der Waals surface area contributed by atoms with Gasteiger partial charge in [-0.05, 0) is 36.8 Å². The van der Waals surface area contributed by atoms with E-state index in [2.05, 4.69) is 10.2 Å². The van der Waals surface area contributed by atoms with E-state index in [1.54, 1.807) is 13.0 Å². The van der Waals surface area contributed by atoms with E-state index in [4.69, 9.17) is 14.4 Å². The molecule has 0 saturated heterocycles. The molecule has 0 spiro atoms. The van der Waals surface area contributed by atoms with E-state index in [1.807, 2.05) is 30.3 Å². The molecule has 0 amide bonds. The summed E-state index contributed by atoms with van der Waals surface area (Å²) in [4.78, 5) is 12.3. The van der Waals surface area contributed by atoms with Gasteiger partial charge in [-0.3, -0.25) is 0 Å². The van der Waals surface area contributed by atoms with Crippen LogP contribution in [0.4, 0.5) is 0 Å². The minimum Gasteiger partial charge on any atom is -0.449 e. The van der Waals surface area contributed by atoms with Crippen LogP contribution in [0.2, 0.25) is 0 Å².